The second kappa shape index (κ2) is 63.3. The number of aliphatic hydroxyl groups excluding tert-OH is 2. The maximum atomic E-state index is 12.9. The molecule has 0 aromatic carbocycles. The van der Waals surface area contributed by atoms with Crippen LogP contribution >= 0.6 is 15.6 Å². The van der Waals surface area contributed by atoms with Crippen molar-refractivity contribution in [2.75, 3.05) is 39.6 Å². The van der Waals surface area contributed by atoms with Gasteiger partial charge >= 0.3 is 33.6 Å². The van der Waals surface area contributed by atoms with E-state index in [1.165, 1.54) is 0 Å². The highest BCUT2D eigenvalue weighted by molar-refractivity contribution is 7.47. The van der Waals surface area contributed by atoms with E-state index in [0.717, 1.165) is 148 Å². The van der Waals surface area contributed by atoms with Gasteiger partial charge in [0.1, 0.15) is 25.4 Å². The summed E-state index contributed by atoms with van der Waals surface area (Å²) < 4.78 is 60.7. The normalized spacial score (nSPS) is 15.3. The first-order valence-corrected chi connectivity index (χ1v) is 35.8. The molecule has 504 valence electrons. The fourth-order valence-electron chi connectivity index (χ4n) is 7.83. The van der Waals surface area contributed by atoms with Crippen molar-refractivity contribution >= 4 is 33.6 Å². The zero-order valence-corrected chi connectivity index (χ0v) is 56.1. The van der Waals surface area contributed by atoms with Gasteiger partial charge in [-0.3, -0.25) is 32.5 Å². The predicted octanol–water partition coefficient (Wildman–Crippen LogP) is 18.0. The SMILES string of the molecule is CC/C=C\C/C=C\C/C=C\C/C=C\C/C=C\C/C=C\CCC(=O)OCC(O)COP(=O)(O)OCC(O)COP(=O)(O)OCC(COC(=O)CCCCCCCC/C=C\C/C=C\C/C=C\C/C=C\CC)OC(=O)CCCCCCC/C=C\C/C=C\C/C=C\CC. The van der Waals surface area contributed by atoms with Crippen molar-refractivity contribution in [3.05, 3.63) is 158 Å². The predicted molar refractivity (Wildman–Crippen MR) is 362 cm³/mol. The van der Waals surface area contributed by atoms with E-state index in [1.807, 2.05) is 18.2 Å². The van der Waals surface area contributed by atoms with E-state index >= 15 is 0 Å². The number of phosphoric ester groups is 2. The topological polar surface area (TPSA) is 231 Å². The number of ether oxygens (including phenoxy) is 3. The molecule has 5 atom stereocenters. The number of hydrogen-bond acceptors (Lipinski definition) is 14. The second-order valence-corrected chi connectivity index (χ2v) is 24.0. The van der Waals surface area contributed by atoms with Gasteiger partial charge in [-0.2, -0.15) is 0 Å². The van der Waals surface area contributed by atoms with Crippen molar-refractivity contribution < 1.29 is 75.8 Å². The Morgan fingerprint density at radius 2 is 0.584 bits per heavy atom. The summed E-state index contributed by atoms with van der Waals surface area (Å²) in [4.78, 5) is 58.3. The van der Waals surface area contributed by atoms with Crippen LogP contribution in [-0.2, 0) is 55.8 Å². The number of phosphoric acid groups is 2. The van der Waals surface area contributed by atoms with Gasteiger partial charge in [-0.1, -0.05) is 224 Å². The molecule has 0 aromatic heterocycles. The van der Waals surface area contributed by atoms with E-state index in [2.05, 4.69) is 161 Å². The number of esters is 3. The van der Waals surface area contributed by atoms with Crippen LogP contribution in [0.3, 0.4) is 0 Å². The molecule has 0 spiro atoms. The van der Waals surface area contributed by atoms with E-state index < -0.39 is 91.5 Å². The highest BCUT2D eigenvalue weighted by atomic mass is 31.2. The van der Waals surface area contributed by atoms with Crippen LogP contribution in [0.25, 0.3) is 0 Å². The smallest absolute Gasteiger partial charge is 0.463 e. The highest BCUT2D eigenvalue weighted by Gasteiger charge is 2.29. The van der Waals surface area contributed by atoms with E-state index in [1.54, 1.807) is 0 Å². The molecule has 18 heteroatoms. The number of carbonyl (C=O) groups is 3. The third-order valence-electron chi connectivity index (χ3n) is 12.7. The average molecular weight is 1290 g/mol. The van der Waals surface area contributed by atoms with Gasteiger partial charge in [0.2, 0.25) is 0 Å². The van der Waals surface area contributed by atoms with Crippen LogP contribution in [0.4, 0.5) is 0 Å². The molecular formula is C71H114O16P2. The van der Waals surface area contributed by atoms with Gasteiger partial charge < -0.3 is 34.2 Å². The molecule has 5 unspecified atom stereocenters. The molecule has 0 aromatic rings. The van der Waals surface area contributed by atoms with E-state index in [9.17, 15) is 43.5 Å². The first-order chi connectivity index (χ1) is 43.2. The molecule has 0 saturated heterocycles. The Balaban J connectivity index is 4.80. The Bertz CT molecular complexity index is 2250. The quantitative estimate of drug-likeness (QED) is 0.0146. The molecule has 0 aliphatic heterocycles. The lowest BCUT2D eigenvalue weighted by molar-refractivity contribution is -0.161. The van der Waals surface area contributed by atoms with Gasteiger partial charge in [-0.25, -0.2) is 9.13 Å². The van der Waals surface area contributed by atoms with Crippen LogP contribution in [0.2, 0.25) is 0 Å². The summed E-state index contributed by atoms with van der Waals surface area (Å²) in [5.41, 5.74) is 0. The Kier molecular flexibility index (Phi) is 59.9. The van der Waals surface area contributed by atoms with Gasteiger partial charge in [-0.15, -0.1) is 0 Å². The third kappa shape index (κ3) is 64.5. The number of unbranched alkanes of at least 4 members (excludes halogenated alkanes) is 11. The molecule has 0 heterocycles. The summed E-state index contributed by atoms with van der Waals surface area (Å²) in [7, 11) is -9.82. The van der Waals surface area contributed by atoms with Gasteiger partial charge in [0.15, 0.2) is 6.10 Å². The molecule has 4 N–H and O–H groups in total. The number of aliphatic hydroxyl groups is 2. The molecule has 0 aliphatic rings. The van der Waals surface area contributed by atoms with Crippen molar-refractivity contribution in [2.45, 2.75) is 232 Å². The van der Waals surface area contributed by atoms with Gasteiger partial charge in [0, 0.05) is 19.3 Å². The molecule has 0 fully saturated rings. The monoisotopic (exact) mass is 1280 g/mol. The standard InChI is InChI=1S/C71H114O16P2/c1-4-7-10-13-16-19-22-25-28-30-32-34-37-39-42-45-48-51-54-57-69(74)81-60-66(72)61-83-88(77,78)84-62-67(73)63-85-89(79,80)86-65-68(87-71(76)59-56-53-50-47-44-41-36-27-24-21-18-15-12-9-6-3)64-82-70(75)58-55-52-49-46-43-40-38-35-33-31-29-26-23-20-17-14-11-8-5-2/h7-12,16-21,25-29,32-36,39,42,48,51,66-68,72-73H,4-6,13-15,22-24,30-31,37-38,40-41,43-47,49-50,52-65H2,1-3H3,(H,77,78)(H,79,80)/b10-7-,11-8-,12-9-,19-16-,20-17-,21-18-,28-25-,29-26-,34-32-,35-33-,36-27-,42-39-,51-48-. The fraction of sp³-hybridized carbons (Fsp3) is 0.592. The van der Waals surface area contributed by atoms with Crippen molar-refractivity contribution in [1.82, 2.24) is 0 Å². The molecule has 16 nitrogen and oxygen atoms in total. The highest BCUT2D eigenvalue weighted by Crippen LogP contribution is 2.45. The average Bonchev–Trinajstić information content (AvgIpc) is 3.54. The number of rotatable bonds is 60. The van der Waals surface area contributed by atoms with Crippen molar-refractivity contribution in [3.8, 4) is 0 Å². The number of allylic oxidation sites excluding steroid dienone is 26. The van der Waals surface area contributed by atoms with Gasteiger partial charge in [0.05, 0.1) is 26.4 Å². The van der Waals surface area contributed by atoms with Crippen LogP contribution in [0.5, 0.6) is 0 Å². The minimum atomic E-state index is -4.94. The maximum absolute atomic E-state index is 12.9. The molecule has 0 aliphatic carbocycles. The summed E-state index contributed by atoms with van der Waals surface area (Å²) in [6.07, 6.45) is 76.0. The Morgan fingerprint density at radius 3 is 0.955 bits per heavy atom. The summed E-state index contributed by atoms with van der Waals surface area (Å²) in [6.45, 7) is 2.16. The lowest BCUT2D eigenvalue weighted by Gasteiger charge is -2.21. The molecular weight excluding hydrogens is 1170 g/mol. The fourth-order valence-corrected chi connectivity index (χ4v) is 9.42. The lowest BCUT2D eigenvalue weighted by atomic mass is 10.1. The number of hydrogen-bond donors (Lipinski definition) is 4. The lowest BCUT2D eigenvalue weighted by Crippen LogP contribution is -2.30. The largest absolute Gasteiger partial charge is 0.472 e. The van der Waals surface area contributed by atoms with Crippen molar-refractivity contribution in [1.29, 1.82) is 0 Å². The van der Waals surface area contributed by atoms with Crippen LogP contribution < -0.4 is 0 Å². The summed E-state index contributed by atoms with van der Waals surface area (Å²) in [5, 5.41) is 20.5. The summed E-state index contributed by atoms with van der Waals surface area (Å²) >= 11 is 0. The van der Waals surface area contributed by atoms with Crippen LogP contribution in [0.15, 0.2) is 158 Å². The number of carbonyl (C=O) groups excluding carboxylic acids is 3. The summed E-state index contributed by atoms with van der Waals surface area (Å²) in [5.74, 6) is -1.71. The first-order valence-electron chi connectivity index (χ1n) is 32.8. The van der Waals surface area contributed by atoms with Crippen LogP contribution in [-0.4, -0.2) is 95.9 Å². The molecule has 0 rings (SSSR count). The van der Waals surface area contributed by atoms with Crippen molar-refractivity contribution in [2.24, 2.45) is 0 Å². The first kappa shape index (κ1) is 84.2. The van der Waals surface area contributed by atoms with E-state index in [0.29, 0.717) is 25.7 Å². The minimum absolute atomic E-state index is 0.0545. The van der Waals surface area contributed by atoms with E-state index in [4.69, 9.17) is 32.3 Å². The third-order valence-corrected chi connectivity index (χ3v) is 14.6. The molecule has 0 amide bonds. The molecule has 89 heavy (non-hydrogen) atoms. The zero-order valence-electron chi connectivity index (χ0n) is 54.3. The molecule has 0 saturated carbocycles. The van der Waals surface area contributed by atoms with Crippen LogP contribution in [0.1, 0.15) is 213 Å². The van der Waals surface area contributed by atoms with Gasteiger partial charge in [0.25, 0.3) is 0 Å². The molecule has 0 bridgehead atoms. The summed E-state index contributed by atoms with van der Waals surface area (Å²) in [6, 6.07) is 0. The Hall–Kier alpha value is -4.83. The maximum Gasteiger partial charge on any atom is 0.472 e. The molecule has 0 radical (unpaired) electrons. The van der Waals surface area contributed by atoms with Gasteiger partial charge in [-0.05, 0) is 128 Å². The Morgan fingerprint density at radius 1 is 0.315 bits per heavy atom. The minimum Gasteiger partial charge on any atom is -0.463 e. The Labute approximate surface area is 536 Å². The van der Waals surface area contributed by atoms with Crippen molar-refractivity contribution in [3.63, 3.8) is 0 Å². The second-order valence-electron chi connectivity index (χ2n) is 21.1. The van der Waals surface area contributed by atoms with E-state index in [-0.39, 0.29) is 19.3 Å². The van der Waals surface area contributed by atoms with Crippen LogP contribution in [0, 0.1) is 0 Å². The zero-order chi connectivity index (χ0) is 65.3.